The molecule has 0 unspecified atom stereocenters. The molecular formula is C5H3F6N3. The summed E-state index contributed by atoms with van der Waals surface area (Å²) in [7, 11) is 0.741. The van der Waals surface area contributed by atoms with E-state index in [9.17, 15) is 26.3 Å². The minimum absolute atomic E-state index is 0.0445. The van der Waals surface area contributed by atoms with Crippen molar-refractivity contribution in [2.45, 2.75) is 12.4 Å². The molecule has 0 bridgehead atoms. The lowest BCUT2D eigenvalue weighted by Crippen LogP contribution is -2.18. The van der Waals surface area contributed by atoms with Gasteiger partial charge in [0.25, 0.3) is 0 Å². The summed E-state index contributed by atoms with van der Waals surface area (Å²) < 4.78 is 72.2. The maximum absolute atomic E-state index is 12.1. The molecule has 0 aliphatic heterocycles. The smallest absolute Gasteiger partial charge is 0.243 e. The predicted molar refractivity (Wildman–Crippen MR) is 31.0 cm³/mol. The summed E-state index contributed by atoms with van der Waals surface area (Å²) in [5, 5.41) is 5.10. The fourth-order valence-electron chi connectivity index (χ4n) is 0.866. The number of aromatic nitrogens is 3. The van der Waals surface area contributed by atoms with Crippen LogP contribution in [0.3, 0.4) is 0 Å². The average molecular weight is 219 g/mol. The predicted octanol–water partition coefficient (Wildman–Crippen LogP) is 1.85. The second kappa shape index (κ2) is 2.85. The van der Waals surface area contributed by atoms with Crippen LogP contribution < -0.4 is 0 Å². The molecule has 1 aromatic rings. The third-order valence-corrected chi connectivity index (χ3v) is 1.36. The Bertz CT molecular complexity index is 334. The van der Waals surface area contributed by atoms with Gasteiger partial charge >= 0.3 is 12.4 Å². The van der Waals surface area contributed by atoms with Crippen LogP contribution in [-0.4, -0.2) is 15.0 Å². The van der Waals surface area contributed by atoms with Gasteiger partial charge in [0.2, 0.25) is 0 Å². The Kier molecular flexibility index (Phi) is 2.20. The van der Waals surface area contributed by atoms with E-state index in [1.807, 2.05) is 0 Å². The summed E-state index contributed by atoms with van der Waals surface area (Å²) in [6.07, 6.45) is -10.3. The van der Waals surface area contributed by atoms with Crippen molar-refractivity contribution in [3.8, 4) is 0 Å². The molecule has 0 radical (unpaired) electrons. The Hall–Kier alpha value is -1.28. The molecule has 9 heteroatoms. The Morgan fingerprint density at radius 3 is 1.79 bits per heavy atom. The van der Waals surface area contributed by atoms with E-state index in [-0.39, 0.29) is 4.68 Å². The van der Waals surface area contributed by atoms with E-state index in [2.05, 4.69) is 10.3 Å². The van der Waals surface area contributed by atoms with Crippen molar-refractivity contribution in [3.63, 3.8) is 0 Å². The lowest BCUT2D eigenvalue weighted by Gasteiger charge is -2.09. The summed E-state index contributed by atoms with van der Waals surface area (Å²) >= 11 is 0. The van der Waals surface area contributed by atoms with Gasteiger partial charge in [0.15, 0.2) is 11.4 Å². The van der Waals surface area contributed by atoms with Crippen LogP contribution in [-0.2, 0) is 19.4 Å². The van der Waals surface area contributed by atoms with Gasteiger partial charge in [0.05, 0.1) is 0 Å². The van der Waals surface area contributed by atoms with Crippen LogP contribution in [0, 0.1) is 0 Å². The van der Waals surface area contributed by atoms with E-state index in [1.54, 1.807) is 0 Å². The Balaban J connectivity index is 3.35. The molecule has 1 rings (SSSR count). The quantitative estimate of drug-likeness (QED) is 0.623. The minimum atomic E-state index is -5.15. The van der Waals surface area contributed by atoms with Gasteiger partial charge in [-0.1, -0.05) is 5.21 Å². The molecule has 0 saturated heterocycles. The number of nitrogens with zero attached hydrogens (tertiary/aromatic N) is 3. The maximum Gasteiger partial charge on any atom is 0.437 e. The van der Waals surface area contributed by atoms with Crippen molar-refractivity contribution in [1.82, 2.24) is 15.0 Å². The Labute approximate surface area is 73.3 Å². The normalized spacial score (nSPS) is 13.4. The summed E-state index contributed by atoms with van der Waals surface area (Å²) in [5.41, 5.74) is -3.92. The molecule has 0 amide bonds. The first-order chi connectivity index (χ1) is 6.14. The van der Waals surface area contributed by atoms with Gasteiger partial charge in [0, 0.05) is 7.05 Å². The maximum atomic E-state index is 12.1. The van der Waals surface area contributed by atoms with Crippen molar-refractivity contribution in [1.29, 1.82) is 0 Å². The zero-order valence-electron chi connectivity index (χ0n) is 6.61. The Morgan fingerprint density at radius 2 is 1.50 bits per heavy atom. The lowest BCUT2D eigenvalue weighted by atomic mass is 10.3. The van der Waals surface area contributed by atoms with Gasteiger partial charge in [-0.05, 0) is 0 Å². The highest BCUT2D eigenvalue weighted by Crippen LogP contribution is 2.38. The zero-order chi connectivity index (χ0) is 11.1. The molecular weight excluding hydrogens is 216 g/mol. The van der Waals surface area contributed by atoms with E-state index in [0.717, 1.165) is 7.05 Å². The molecule has 0 aliphatic rings. The standard InChI is InChI=1S/C5H3F6N3/c1-14-3(5(9,10)11)2(12-13-14)4(6,7)8/h1H3. The largest absolute Gasteiger partial charge is 0.437 e. The second-order valence-corrected chi connectivity index (χ2v) is 2.41. The highest BCUT2D eigenvalue weighted by molar-refractivity contribution is 5.16. The topological polar surface area (TPSA) is 30.7 Å². The van der Waals surface area contributed by atoms with Crippen LogP contribution in [0.25, 0.3) is 0 Å². The molecule has 14 heavy (non-hydrogen) atoms. The second-order valence-electron chi connectivity index (χ2n) is 2.41. The SMILES string of the molecule is Cn1nnc(C(F)(F)F)c1C(F)(F)F. The summed E-state index contributed by atoms with van der Waals surface area (Å²) in [4.78, 5) is 0. The highest BCUT2D eigenvalue weighted by atomic mass is 19.4. The van der Waals surface area contributed by atoms with Crippen LogP contribution >= 0.6 is 0 Å². The van der Waals surface area contributed by atoms with Crippen LogP contribution in [0.1, 0.15) is 11.4 Å². The molecule has 1 heterocycles. The molecule has 0 saturated carbocycles. The van der Waals surface area contributed by atoms with Crippen LogP contribution in [0.4, 0.5) is 26.3 Å². The van der Waals surface area contributed by atoms with Crippen LogP contribution in [0.5, 0.6) is 0 Å². The molecule has 0 N–H and O–H groups in total. The fraction of sp³-hybridized carbons (Fsp3) is 0.600. The zero-order valence-corrected chi connectivity index (χ0v) is 6.61. The molecule has 0 aromatic carbocycles. The highest BCUT2D eigenvalue weighted by Gasteiger charge is 2.48. The monoisotopic (exact) mass is 219 g/mol. The molecule has 3 nitrogen and oxygen atoms in total. The molecule has 80 valence electrons. The molecule has 0 atom stereocenters. The first kappa shape index (κ1) is 10.8. The number of hydrogen-bond donors (Lipinski definition) is 0. The van der Waals surface area contributed by atoms with E-state index >= 15 is 0 Å². The molecule has 1 aromatic heterocycles. The number of halogens is 6. The van der Waals surface area contributed by atoms with Crippen molar-refractivity contribution in [3.05, 3.63) is 11.4 Å². The van der Waals surface area contributed by atoms with Crippen LogP contribution in [0.15, 0.2) is 0 Å². The summed E-state index contributed by atoms with van der Waals surface area (Å²) in [6.45, 7) is 0. The summed E-state index contributed by atoms with van der Waals surface area (Å²) in [6, 6.07) is 0. The first-order valence-electron chi connectivity index (χ1n) is 3.18. The van der Waals surface area contributed by atoms with Crippen LogP contribution in [0.2, 0.25) is 0 Å². The van der Waals surface area contributed by atoms with E-state index in [0.29, 0.717) is 0 Å². The van der Waals surface area contributed by atoms with E-state index < -0.39 is 23.7 Å². The minimum Gasteiger partial charge on any atom is -0.243 e. The van der Waals surface area contributed by atoms with Crippen molar-refractivity contribution in [2.24, 2.45) is 7.05 Å². The summed E-state index contributed by atoms with van der Waals surface area (Å²) in [5.74, 6) is 0. The van der Waals surface area contributed by atoms with Crippen molar-refractivity contribution in [2.75, 3.05) is 0 Å². The first-order valence-corrected chi connectivity index (χ1v) is 3.18. The molecule has 0 aliphatic carbocycles. The van der Waals surface area contributed by atoms with Gasteiger partial charge in [-0.15, -0.1) is 5.10 Å². The number of rotatable bonds is 0. The number of hydrogen-bond acceptors (Lipinski definition) is 2. The number of alkyl halides is 6. The van der Waals surface area contributed by atoms with E-state index in [4.69, 9.17) is 0 Å². The van der Waals surface area contributed by atoms with Gasteiger partial charge < -0.3 is 0 Å². The third kappa shape index (κ3) is 1.80. The van der Waals surface area contributed by atoms with Gasteiger partial charge in [0.1, 0.15) is 0 Å². The van der Waals surface area contributed by atoms with Gasteiger partial charge in [-0.3, -0.25) is 0 Å². The third-order valence-electron chi connectivity index (χ3n) is 1.36. The average Bonchev–Trinajstić information content (AvgIpc) is 2.27. The lowest BCUT2D eigenvalue weighted by molar-refractivity contribution is -0.167. The van der Waals surface area contributed by atoms with Crippen molar-refractivity contribution >= 4 is 0 Å². The molecule has 0 fully saturated rings. The van der Waals surface area contributed by atoms with Crippen molar-refractivity contribution < 1.29 is 26.3 Å². The van der Waals surface area contributed by atoms with Gasteiger partial charge in [-0.25, -0.2) is 4.68 Å². The molecule has 0 spiro atoms. The number of aryl methyl sites for hydroxylation is 1. The van der Waals surface area contributed by atoms with Gasteiger partial charge in [-0.2, -0.15) is 26.3 Å². The van der Waals surface area contributed by atoms with E-state index in [1.165, 1.54) is 0 Å². The fourth-order valence-corrected chi connectivity index (χ4v) is 0.866. The Morgan fingerprint density at radius 1 is 1.00 bits per heavy atom.